The zero-order valence-corrected chi connectivity index (χ0v) is 12.9. The first kappa shape index (κ1) is 15.6. The number of carbonyl (C=O) groups excluding carboxylic acids is 1. The molecule has 0 fully saturated rings. The minimum atomic E-state index is 0.0529. The molecule has 0 spiro atoms. The van der Waals surface area contributed by atoms with Gasteiger partial charge < -0.3 is 9.88 Å². The smallest absolute Gasteiger partial charge is 0.222 e. The summed E-state index contributed by atoms with van der Waals surface area (Å²) in [6, 6.07) is 7.66. The molecule has 2 rings (SSSR count). The average molecular weight is 306 g/mol. The molecule has 21 heavy (non-hydrogen) atoms. The van der Waals surface area contributed by atoms with Gasteiger partial charge in [0.1, 0.15) is 0 Å². The number of aromatic nitrogens is 2. The van der Waals surface area contributed by atoms with Gasteiger partial charge in [0.15, 0.2) is 0 Å². The van der Waals surface area contributed by atoms with Crippen LogP contribution < -0.4 is 5.32 Å². The normalized spacial score (nSPS) is 12.1. The van der Waals surface area contributed by atoms with Gasteiger partial charge in [-0.05, 0) is 24.1 Å². The lowest BCUT2D eigenvalue weighted by Gasteiger charge is -2.17. The van der Waals surface area contributed by atoms with Crippen LogP contribution in [0.3, 0.4) is 0 Å². The molecule has 5 heteroatoms. The lowest BCUT2D eigenvalue weighted by Crippen LogP contribution is -2.26. The monoisotopic (exact) mass is 305 g/mol. The van der Waals surface area contributed by atoms with E-state index >= 15 is 0 Å². The van der Waals surface area contributed by atoms with Crippen molar-refractivity contribution >= 4 is 17.5 Å². The summed E-state index contributed by atoms with van der Waals surface area (Å²) in [4.78, 5) is 16.1. The van der Waals surface area contributed by atoms with Crippen LogP contribution in [0.4, 0.5) is 0 Å². The fourth-order valence-electron chi connectivity index (χ4n) is 2.26. The molecule has 112 valence electrons. The number of carbonyl (C=O) groups is 1. The first-order valence-corrected chi connectivity index (χ1v) is 7.55. The van der Waals surface area contributed by atoms with Crippen LogP contribution in [0.25, 0.3) is 0 Å². The van der Waals surface area contributed by atoms with Crippen LogP contribution >= 0.6 is 11.6 Å². The first-order valence-electron chi connectivity index (χ1n) is 7.17. The van der Waals surface area contributed by atoms with E-state index in [0.717, 1.165) is 18.4 Å². The van der Waals surface area contributed by atoms with Crippen molar-refractivity contribution in [3.8, 4) is 0 Å². The molecule has 0 aliphatic carbocycles. The number of nitrogens with zero attached hydrogens (tertiary/aromatic N) is 2. The molecule has 0 radical (unpaired) electrons. The van der Waals surface area contributed by atoms with Crippen LogP contribution in [-0.2, 0) is 11.3 Å². The Bertz CT molecular complexity index is 551. The lowest BCUT2D eigenvalue weighted by molar-refractivity contribution is -0.122. The maximum absolute atomic E-state index is 12.1. The van der Waals surface area contributed by atoms with Crippen molar-refractivity contribution in [2.75, 3.05) is 0 Å². The van der Waals surface area contributed by atoms with E-state index in [2.05, 4.69) is 17.2 Å². The van der Waals surface area contributed by atoms with Gasteiger partial charge in [0.25, 0.3) is 0 Å². The van der Waals surface area contributed by atoms with Crippen LogP contribution in [0.15, 0.2) is 43.0 Å². The number of benzene rings is 1. The molecule has 0 aliphatic rings. The highest BCUT2D eigenvalue weighted by Crippen LogP contribution is 2.17. The molecule has 1 amide bonds. The molecule has 0 bridgehead atoms. The molecule has 1 N–H and O–H groups in total. The van der Waals surface area contributed by atoms with E-state index in [1.54, 1.807) is 12.5 Å². The van der Waals surface area contributed by atoms with E-state index in [9.17, 15) is 4.79 Å². The van der Waals surface area contributed by atoms with E-state index < -0.39 is 0 Å². The molecule has 1 aromatic carbocycles. The zero-order chi connectivity index (χ0) is 15.1. The molecule has 1 atom stereocenters. The van der Waals surface area contributed by atoms with Crippen molar-refractivity contribution in [1.82, 2.24) is 14.9 Å². The van der Waals surface area contributed by atoms with Gasteiger partial charge in [-0.15, -0.1) is 0 Å². The lowest BCUT2D eigenvalue weighted by atomic mass is 10.1. The van der Waals surface area contributed by atoms with Crippen molar-refractivity contribution in [3.63, 3.8) is 0 Å². The van der Waals surface area contributed by atoms with Gasteiger partial charge in [0.05, 0.1) is 6.33 Å². The number of amides is 1. The number of rotatable bonds is 7. The standard InChI is InChI=1S/C16H20ClN3O/c1-2-3-15(20-9-8-18-12-20)10-16(21)19-11-13-4-6-14(17)7-5-13/h4-9,12,15H,2-3,10-11H2,1H3,(H,19,21). The highest BCUT2D eigenvalue weighted by atomic mass is 35.5. The van der Waals surface area contributed by atoms with Gasteiger partial charge in [0.2, 0.25) is 5.91 Å². The molecular weight excluding hydrogens is 286 g/mol. The Kier molecular flexibility index (Phi) is 5.81. The minimum Gasteiger partial charge on any atom is -0.352 e. The third-order valence-electron chi connectivity index (χ3n) is 3.39. The predicted octanol–water partition coefficient (Wildman–Crippen LogP) is 3.58. The molecule has 0 saturated carbocycles. The molecule has 0 saturated heterocycles. The largest absolute Gasteiger partial charge is 0.352 e. The van der Waals surface area contributed by atoms with Crippen LogP contribution in [0.5, 0.6) is 0 Å². The summed E-state index contributed by atoms with van der Waals surface area (Å²) in [5, 5.41) is 3.66. The molecule has 1 aromatic heterocycles. The topological polar surface area (TPSA) is 46.9 Å². The summed E-state index contributed by atoms with van der Waals surface area (Å²) in [6.45, 7) is 2.65. The van der Waals surface area contributed by atoms with Crippen LogP contribution in [0, 0.1) is 0 Å². The number of hydrogen-bond donors (Lipinski definition) is 1. The highest BCUT2D eigenvalue weighted by molar-refractivity contribution is 6.30. The summed E-state index contributed by atoms with van der Waals surface area (Å²) in [7, 11) is 0. The second-order valence-corrected chi connectivity index (χ2v) is 5.50. The van der Waals surface area contributed by atoms with E-state index in [1.165, 1.54) is 0 Å². The molecular formula is C16H20ClN3O. The number of nitrogens with one attached hydrogen (secondary N) is 1. The van der Waals surface area contributed by atoms with Crippen LogP contribution in [0.1, 0.15) is 37.8 Å². The Balaban J connectivity index is 1.86. The van der Waals surface area contributed by atoms with E-state index in [-0.39, 0.29) is 11.9 Å². The quantitative estimate of drug-likeness (QED) is 0.850. The van der Waals surface area contributed by atoms with E-state index in [4.69, 9.17) is 11.6 Å². The number of halogens is 1. The van der Waals surface area contributed by atoms with E-state index in [1.807, 2.05) is 35.0 Å². The van der Waals surface area contributed by atoms with Gasteiger partial charge in [-0.2, -0.15) is 0 Å². The maximum Gasteiger partial charge on any atom is 0.222 e. The third kappa shape index (κ3) is 4.90. The first-order chi connectivity index (χ1) is 10.2. The van der Waals surface area contributed by atoms with Crippen molar-refractivity contribution in [1.29, 1.82) is 0 Å². The van der Waals surface area contributed by atoms with Crippen molar-refractivity contribution < 1.29 is 4.79 Å². The second-order valence-electron chi connectivity index (χ2n) is 5.06. The summed E-state index contributed by atoms with van der Waals surface area (Å²) >= 11 is 5.84. The Morgan fingerprint density at radius 2 is 2.14 bits per heavy atom. The molecule has 0 aliphatic heterocycles. The third-order valence-corrected chi connectivity index (χ3v) is 3.64. The van der Waals surface area contributed by atoms with Crippen LogP contribution in [-0.4, -0.2) is 15.5 Å². The SMILES string of the molecule is CCCC(CC(=O)NCc1ccc(Cl)cc1)n1ccnc1. The Labute approximate surface area is 130 Å². The minimum absolute atomic E-state index is 0.0529. The van der Waals surface area contributed by atoms with Crippen molar-refractivity contribution in [2.45, 2.75) is 38.8 Å². The summed E-state index contributed by atoms with van der Waals surface area (Å²) in [6.07, 6.45) is 7.89. The fourth-order valence-corrected chi connectivity index (χ4v) is 2.39. The van der Waals surface area contributed by atoms with Crippen LogP contribution in [0.2, 0.25) is 5.02 Å². The van der Waals surface area contributed by atoms with Gasteiger partial charge in [-0.3, -0.25) is 4.79 Å². The van der Waals surface area contributed by atoms with Crippen molar-refractivity contribution in [2.24, 2.45) is 0 Å². The van der Waals surface area contributed by atoms with Gasteiger partial charge in [0, 0.05) is 36.4 Å². The summed E-state index contributed by atoms with van der Waals surface area (Å²) in [5.41, 5.74) is 1.04. The second kappa shape index (κ2) is 7.84. The zero-order valence-electron chi connectivity index (χ0n) is 12.1. The van der Waals surface area contributed by atoms with Gasteiger partial charge in [-0.1, -0.05) is 37.1 Å². The Morgan fingerprint density at radius 1 is 1.38 bits per heavy atom. The molecule has 1 heterocycles. The predicted molar refractivity (Wildman–Crippen MR) is 84.1 cm³/mol. The highest BCUT2D eigenvalue weighted by Gasteiger charge is 2.14. The fraction of sp³-hybridized carbons (Fsp3) is 0.375. The Morgan fingerprint density at radius 3 is 2.76 bits per heavy atom. The molecule has 1 unspecified atom stereocenters. The van der Waals surface area contributed by atoms with E-state index in [0.29, 0.717) is 18.0 Å². The Hall–Kier alpha value is -1.81. The molecule has 4 nitrogen and oxygen atoms in total. The summed E-state index contributed by atoms with van der Waals surface area (Å²) in [5.74, 6) is 0.0529. The van der Waals surface area contributed by atoms with Gasteiger partial charge in [-0.25, -0.2) is 4.98 Å². The molecule has 2 aromatic rings. The number of hydrogen-bond acceptors (Lipinski definition) is 2. The maximum atomic E-state index is 12.1. The van der Waals surface area contributed by atoms with Gasteiger partial charge >= 0.3 is 0 Å². The number of imidazole rings is 1. The van der Waals surface area contributed by atoms with Crippen molar-refractivity contribution in [3.05, 3.63) is 53.6 Å². The average Bonchev–Trinajstić information content (AvgIpc) is 3.00. The summed E-state index contributed by atoms with van der Waals surface area (Å²) < 4.78 is 2.01.